The van der Waals surface area contributed by atoms with Gasteiger partial charge in [0.25, 0.3) is 0 Å². The summed E-state index contributed by atoms with van der Waals surface area (Å²) in [5.41, 5.74) is 8.76. The number of methoxy groups -OCH3 is 2. The molecule has 5 atom stereocenters. The van der Waals surface area contributed by atoms with Crippen LogP contribution >= 0.6 is 0 Å². The Kier molecular flexibility index (Phi) is 11.2. The van der Waals surface area contributed by atoms with Gasteiger partial charge in [-0.1, -0.05) is 58.4 Å². The van der Waals surface area contributed by atoms with E-state index in [0.717, 1.165) is 72.7 Å². The van der Waals surface area contributed by atoms with E-state index in [1.165, 1.54) is 36.5 Å². The lowest BCUT2D eigenvalue weighted by atomic mass is 9.99. The van der Waals surface area contributed by atoms with Gasteiger partial charge in [-0.3, -0.25) is 9.59 Å². The summed E-state index contributed by atoms with van der Waals surface area (Å²) in [6.45, 7) is 8.19. The third kappa shape index (κ3) is 7.74. The van der Waals surface area contributed by atoms with Crippen LogP contribution in [0.25, 0.3) is 33.6 Å². The minimum atomic E-state index is -0.693. The third-order valence-electron chi connectivity index (χ3n) is 11.5. The fourth-order valence-corrected chi connectivity index (χ4v) is 8.52. The fourth-order valence-electron chi connectivity index (χ4n) is 8.52. The van der Waals surface area contributed by atoms with Crippen molar-refractivity contribution >= 4 is 24.0 Å². The lowest BCUT2D eigenvalue weighted by Crippen LogP contribution is -2.52. The number of nitrogens with zero attached hydrogens (tertiary/aromatic N) is 3. The number of carbonyl (C=O) groups is 4. The van der Waals surface area contributed by atoms with Crippen molar-refractivity contribution in [3.63, 3.8) is 0 Å². The van der Waals surface area contributed by atoms with Crippen LogP contribution in [0.4, 0.5) is 9.59 Å². The molecule has 2 fully saturated rings. The minimum absolute atomic E-state index is 0.0384. The summed E-state index contributed by atoms with van der Waals surface area (Å²) in [5.74, 6) is 1.06. The number of rotatable bonds is 11. The lowest BCUT2D eigenvalue weighted by molar-refractivity contribution is -0.135. The molecule has 296 valence electrons. The van der Waals surface area contributed by atoms with Gasteiger partial charge in [0, 0.05) is 18.5 Å². The van der Waals surface area contributed by atoms with Crippen LogP contribution in [0.1, 0.15) is 94.5 Å². The molecule has 14 heteroatoms. The summed E-state index contributed by atoms with van der Waals surface area (Å²) in [5, 5.41) is 8.55. The number of carbonyl (C=O) groups excluding carboxylic acids is 4. The number of H-pyrrole nitrogens is 2. The van der Waals surface area contributed by atoms with E-state index in [0.29, 0.717) is 6.54 Å². The predicted molar refractivity (Wildman–Crippen MR) is 210 cm³/mol. The van der Waals surface area contributed by atoms with Crippen LogP contribution in [-0.4, -0.2) is 87.7 Å². The Morgan fingerprint density at radius 1 is 0.750 bits per heavy atom. The molecule has 3 aliphatic rings. The zero-order chi connectivity index (χ0) is 39.7. The molecule has 0 radical (unpaired) electrons. The van der Waals surface area contributed by atoms with Gasteiger partial charge >= 0.3 is 12.2 Å². The monoisotopic (exact) mass is 764 g/mol. The molecule has 4 aromatic rings. The third-order valence-corrected chi connectivity index (χ3v) is 11.5. The Labute approximate surface area is 326 Å². The maximum absolute atomic E-state index is 13.6. The van der Waals surface area contributed by atoms with Gasteiger partial charge in [0.2, 0.25) is 11.8 Å². The van der Waals surface area contributed by atoms with Crippen LogP contribution in [-0.2, 0) is 25.5 Å². The van der Waals surface area contributed by atoms with E-state index in [2.05, 4.69) is 62.3 Å². The number of imidazole rings is 2. The lowest BCUT2D eigenvalue weighted by Gasteiger charge is -2.30. The molecule has 1 saturated heterocycles. The molecule has 0 bridgehead atoms. The summed E-state index contributed by atoms with van der Waals surface area (Å²) in [4.78, 5) is 69.1. The van der Waals surface area contributed by atoms with Crippen molar-refractivity contribution in [1.82, 2.24) is 40.8 Å². The van der Waals surface area contributed by atoms with Crippen LogP contribution in [0.15, 0.2) is 48.8 Å². The maximum atomic E-state index is 13.6. The second kappa shape index (κ2) is 16.2. The van der Waals surface area contributed by atoms with Crippen LogP contribution in [0.5, 0.6) is 0 Å². The molecule has 1 aliphatic heterocycles. The molecule has 2 aliphatic carbocycles. The average molecular weight is 765 g/mol. The molecule has 5 N–H and O–H groups in total. The summed E-state index contributed by atoms with van der Waals surface area (Å²) in [6, 6.07) is 11.3. The van der Waals surface area contributed by atoms with Crippen molar-refractivity contribution in [3.8, 4) is 33.6 Å². The molecule has 0 spiro atoms. The van der Waals surface area contributed by atoms with E-state index >= 15 is 0 Å². The molecule has 1 saturated carbocycles. The van der Waals surface area contributed by atoms with Crippen molar-refractivity contribution in [1.29, 1.82) is 0 Å². The van der Waals surface area contributed by atoms with Crippen LogP contribution in [0.3, 0.4) is 0 Å². The van der Waals surface area contributed by atoms with Crippen molar-refractivity contribution in [2.24, 2.45) is 11.8 Å². The van der Waals surface area contributed by atoms with E-state index in [-0.39, 0.29) is 41.7 Å². The molecule has 56 heavy (non-hydrogen) atoms. The number of nitrogens with one attached hydrogen (secondary N) is 5. The zero-order valence-corrected chi connectivity index (χ0v) is 32.9. The molecule has 4 amide bonds. The van der Waals surface area contributed by atoms with Gasteiger partial charge in [-0.2, -0.15) is 0 Å². The highest BCUT2D eigenvalue weighted by Crippen LogP contribution is 2.41. The largest absolute Gasteiger partial charge is 0.453 e. The molecule has 2 aromatic heterocycles. The van der Waals surface area contributed by atoms with Gasteiger partial charge in [0.15, 0.2) is 0 Å². The summed E-state index contributed by atoms with van der Waals surface area (Å²) in [6.07, 6.45) is 7.59. The topological polar surface area (TPSA) is 183 Å². The van der Waals surface area contributed by atoms with Crippen LogP contribution < -0.4 is 16.0 Å². The maximum Gasteiger partial charge on any atom is 0.407 e. The number of hydrogen-bond acceptors (Lipinski definition) is 8. The number of ether oxygens (including phenoxy) is 2. The van der Waals surface area contributed by atoms with E-state index in [4.69, 9.17) is 19.4 Å². The van der Waals surface area contributed by atoms with E-state index < -0.39 is 24.3 Å². The van der Waals surface area contributed by atoms with Crippen molar-refractivity contribution in [2.45, 2.75) is 96.3 Å². The number of fused-ring (bicyclic) bond motifs is 3. The number of benzene rings is 2. The number of aromatic nitrogens is 4. The Bertz CT molecular complexity index is 2110. The highest BCUT2D eigenvalue weighted by Gasteiger charge is 2.38. The number of amides is 4. The number of aromatic amines is 2. The molecule has 3 heterocycles. The first-order valence-corrected chi connectivity index (χ1v) is 19.6. The van der Waals surface area contributed by atoms with Gasteiger partial charge in [0.05, 0.1) is 44.0 Å². The van der Waals surface area contributed by atoms with E-state index in [9.17, 15) is 19.2 Å². The van der Waals surface area contributed by atoms with Gasteiger partial charge in [-0.05, 0) is 89.5 Å². The standard InChI is InChI=1S/C42H52N8O6/c1-22(2)35(48-41(53)55-5)39(51)47-31-10-7-9-30(31)37-43-20-32(45-37)24-12-14-28-26(17-24)19-27-18-25(13-15-29(27)28)33-21-44-38(46-33)34-11-8-16-50(34)40(52)36(23(3)4)49-42(54)56-6/h12-15,17-18,20-23,30-31,34-36H,7-11,16,19H2,1-6H3,(H,43,45)(H,44,46)(H,47,51)(H,48,53)(H,49,54)/t30-,31-,34-,35-,36-/m0/s1. The highest BCUT2D eigenvalue weighted by molar-refractivity contribution is 5.87. The van der Waals surface area contributed by atoms with E-state index in [1.54, 1.807) is 0 Å². The molecular formula is C42H52N8O6. The van der Waals surface area contributed by atoms with Crippen molar-refractivity contribution in [2.75, 3.05) is 20.8 Å². The molecule has 7 rings (SSSR count). The first-order valence-electron chi connectivity index (χ1n) is 19.6. The van der Waals surface area contributed by atoms with Crippen LogP contribution in [0.2, 0.25) is 0 Å². The molecular weight excluding hydrogens is 713 g/mol. The Balaban J connectivity index is 1.03. The minimum Gasteiger partial charge on any atom is -0.453 e. The van der Waals surface area contributed by atoms with Crippen molar-refractivity contribution < 1.29 is 28.7 Å². The Morgan fingerprint density at radius 2 is 1.32 bits per heavy atom. The van der Waals surface area contributed by atoms with Gasteiger partial charge in [-0.25, -0.2) is 19.6 Å². The zero-order valence-electron chi connectivity index (χ0n) is 32.9. The van der Waals surface area contributed by atoms with Crippen LogP contribution in [0, 0.1) is 11.8 Å². The predicted octanol–water partition coefficient (Wildman–Crippen LogP) is 6.22. The molecule has 14 nitrogen and oxygen atoms in total. The number of likely N-dealkylation sites (tertiary alicyclic amines) is 1. The fraction of sp³-hybridized carbons (Fsp3) is 0.476. The normalized spacial score (nSPS) is 19.7. The summed E-state index contributed by atoms with van der Waals surface area (Å²) >= 11 is 0. The number of alkyl carbamates (subject to hydrolysis) is 2. The SMILES string of the molecule is COC(=O)N[C@H](C(=O)N[C@H]1CCC[C@@H]1c1ncc(-c2ccc3c(c2)Cc2cc(-c4cnc([C@@H]5CCCN5C(=O)[C@@H](NC(=O)OC)C(C)C)[nH]4)ccc2-3)[nH]1)C(C)C. The second-order valence-corrected chi connectivity index (χ2v) is 15.8. The average Bonchev–Trinajstić information content (AvgIpc) is 4.04. The molecule has 0 unspecified atom stereocenters. The second-order valence-electron chi connectivity index (χ2n) is 15.8. The first-order chi connectivity index (χ1) is 26.9. The van der Waals surface area contributed by atoms with Crippen molar-refractivity contribution in [3.05, 3.63) is 71.6 Å². The van der Waals surface area contributed by atoms with E-state index in [1.807, 2.05) is 45.0 Å². The number of hydrogen-bond donors (Lipinski definition) is 5. The van der Waals surface area contributed by atoms with Gasteiger partial charge in [-0.15, -0.1) is 0 Å². The highest BCUT2D eigenvalue weighted by atomic mass is 16.5. The summed E-state index contributed by atoms with van der Waals surface area (Å²) in [7, 11) is 2.58. The first kappa shape index (κ1) is 38.6. The van der Waals surface area contributed by atoms with Gasteiger partial charge < -0.3 is 40.3 Å². The smallest absolute Gasteiger partial charge is 0.407 e. The molecule has 2 aromatic carbocycles. The Morgan fingerprint density at radius 3 is 1.91 bits per heavy atom. The Hall–Kier alpha value is -5.66. The van der Waals surface area contributed by atoms with Gasteiger partial charge in [0.1, 0.15) is 23.7 Å². The quantitative estimate of drug-likeness (QED) is 0.105. The summed E-state index contributed by atoms with van der Waals surface area (Å²) < 4.78 is 9.51.